The summed E-state index contributed by atoms with van der Waals surface area (Å²) in [5.74, 6) is -0.201. The largest absolute Gasteiger partial charge is 0.395 e. The molecule has 1 fully saturated rings. The van der Waals surface area contributed by atoms with Gasteiger partial charge in [0.05, 0.1) is 12.4 Å². The summed E-state index contributed by atoms with van der Waals surface area (Å²) in [6, 6.07) is 0. The van der Waals surface area contributed by atoms with E-state index in [-0.39, 0.29) is 24.8 Å². The Morgan fingerprint density at radius 1 is 1.00 bits per heavy atom. The van der Waals surface area contributed by atoms with E-state index >= 15 is 0 Å². The van der Waals surface area contributed by atoms with E-state index < -0.39 is 10.1 Å². The van der Waals surface area contributed by atoms with Crippen molar-refractivity contribution in [3.8, 4) is 0 Å². The highest BCUT2D eigenvalue weighted by molar-refractivity contribution is 7.85. The lowest BCUT2D eigenvalue weighted by Crippen LogP contribution is -2.48. The first-order chi connectivity index (χ1) is 7.01. The number of hydrogen-bond donors (Lipinski definition) is 2. The Kier molecular flexibility index (Phi) is 7.45. The van der Waals surface area contributed by atoms with Crippen molar-refractivity contribution >= 4 is 22.5 Å². The topological polar surface area (TPSA) is 81.1 Å². The van der Waals surface area contributed by atoms with Crippen LogP contribution < -0.4 is 0 Å². The Morgan fingerprint density at radius 2 is 1.44 bits per heavy atom. The second kappa shape index (κ2) is 7.41. The zero-order valence-corrected chi connectivity index (χ0v) is 10.7. The number of β-amino-alcohol motifs (C(OH)–C–C–N with tert-alkyl or cyclic N) is 1. The molecule has 8 heteroatoms. The highest BCUT2D eigenvalue weighted by atomic mass is 35.5. The quantitative estimate of drug-likeness (QED) is 0.620. The third-order valence-corrected chi connectivity index (χ3v) is 3.25. The minimum Gasteiger partial charge on any atom is -0.395 e. The molecule has 0 unspecified atom stereocenters. The third-order valence-electron chi connectivity index (χ3n) is 2.55. The van der Waals surface area contributed by atoms with Gasteiger partial charge in [-0.1, -0.05) is 0 Å². The molecule has 2 N–H and O–H groups in total. The Labute approximate surface area is 102 Å². The molecule has 16 heavy (non-hydrogen) atoms. The van der Waals surface area contributed by atoms with E-state index in [9.17, 15) is 8.42 Å². The monoisotopic (exact) mass is 274 g/mol. The fourth-order valence-electron chi connectivity index (χ4n) is 1.62. The molecule has 0 aromatic carbocycles. The predicted molar refractivity (Wildman–Crippen MR) is 63.6 cm³/mol. The first kappa shape index (κ1) is 16.1. The van der Waals surface area contributed by atoms with Gasteiger partial charge >= 0.3 is 0 Å². The van der Waals surface area contributed by atoms with Crippen LogP contribution in [0.5, 0.6) is 0 Å². The van der Waals surface area contributed by atoms with E-state index in [4.69, 9.17) is 9.66 Å². The van der Waals surface area contributed by atoms with Gasteiger partial charge in [-0.25, -0.2) is 0 Å². The molecule has 98 valence electrons. The molecule has 0 saturated carbocycles. The van der Waals surface area contributed by atoms with Crippen LogP contribution in [0.4, 0.5) is 0 Å². The summed E-state index contributed by atoms with van der Waals surface area (Å²) >= 11 is 0. The minimum absolute atomic E-state index is 0. The highest BCUT2D eigenvalue weighted by Crippen LogP contribution is 2.01. The summed E-state index contributed by atoms with van der Waals surface area (Å²) in [6.45, 7) is 4.46. The molecular weight excluding hydrogens is 256 g/mol. The van der Waals surface area contributed by atoms with E-state index in [1.807, 2.05) is 4.90 Å². The fourth-order valence-corrected chi connectivity index (χ4v) is 2.11. The molecule has 6 nitrogen and oxygen atoms in total. The zero-order chi connectivity index (χ0) is 11.3. The summed E-state index contributed by atoms with van der Waals surface area (Å²) in [4.78, 5) is 4.13. The molecule has 1 aliphatic rings. The molecule has 1 heterocycles. The van der Waals surface area contributed by atoms with E-state index in [2.05, 4.69) is 4.90 Å². The smallest absolute Gasteiger partial charge is 0.266 e. The maximum atomic E-state index is 10.5. The average Bonchev–Trinajstić information content (AvgIpc) is 2.16. The van der Waals surface area contributed by atoms with E-state index in [0.29, 0.717) is 13.1 Å². The first-order valence-corrected chi connectivity index (χ1v) is 6.63. The summed E-state index contributed by atoms with van der Waals surface area (Å²) in [6.07, 6.45) is 0. The van der Waals surface area contributed by atoms with Crippen LogP contribution in [0.25, 0.3) is 0 Å². The van der Waals surface area contributed by atoms with Crippen molar-refractivity contribution in [3.63, 3.8) is 0 Å². The first-order valence-electron chi connectivity index (χ1n) is 5.02. The van der Waals surface area contributed by atoms with Crippen molar-refractivity contribution in [2.75, 3.05) is 51.6 Å². The Bertz CT molecular complexity index is 278. The highest BCUT2D eigenvalue weighted by Gasteiger charge is 2.17. The van der Waals surface area contributed by atoms with Crippen molar-refractivity contribution in [1.29, 1.82) is 0 Å². The number of hydrogen-bond acceptors (Lipinski definition) is 5. The van der Waals surface area contributed by atoms with Crippen LogP contribution in [0.1, 0.15) is 0 Å². The second-order valence-corrected chi connectivity index (χ2v) is 5.27. The molecule has 0 spiro atoms. The van der Waals surface area contributed by atoms with Gasteiger partial charge in [0.15, 0.2) is 0 Å². The molecule has 0 aromatic rings. The maximum absolute atomic E-state index is 10.5. The SMILES string of the molecule is Cl.O=S(=O)(O)CCN1CCN(CCO)CC1. The minimum atomic E-state index is -3.84. The van der Waals surface area contributed by atoms with Crippen LogP contribution in [0, 0.1) is 0 Å². The predicted octanol–water partition coefficient (Wildman–Crippen LogP) is -1.09. The van der Waals surface area contributed by atoms with Gasteiger partial charge in [0.25, 0.3) is 10.1 Å². The van der Waals surface area contributed by atoms with Gasteiger partial charge in [0, 0.05) is 39.3 Å². The van der Waals surface area contributed by atoms with Gasteiger partial charge in [0.2, 0.25) is 0 Å². The Morgan fingerprint density at radius 3 is 1.81 bits per heavy atom. The van der Waals surface area contributed by atoms with Crippen molar-refractivity contribution < 1.29 is 18.1 Å². The molecule has 0 atom stereocenters. The van der Waals surface area contributed by atoms with E-state index in [1.54, 1.807) is 0 Å². The normalized spacial score (nSPS) is 19.4. The molecule has 0 amide bonds. The van der Waals surface area contributed by atoms with E-state index in [1.165, 1.54) is 0 Å². The molecule has 0 radical (unpaired) electrons. The summed E-state index contributed by atoms with van der Waals surface area (Å²) in [7, 11) is -3.84. The van der Waals surface area contributed by atoms with Gasteiger partial charge < -0.3 is 5.11 Å². The standard InChI is InChI=1S/C8H18N2O4S.ClH/c11-7-5-9-1-3-10(4-2-9)6-8-15(12,13)14;/h11H,1-8H2,(H,12,13,14);1H. The fraction of sp³-hybridized carbons (Fsp3) is 1.00. The summed E-state index contributed by atoms with van der Waals surface area (Å²) < 4.78 is 29.6. The zero-order valence-electron chi connectivity index (χ0n) is 9.08. The molecule has 0 aliphatic carbocycles. The van der Waals surface area contributed by atoms with Gasteiger partial charge in [-0.15, -0.1) is 12.4 Å². The Balaban J connectivity index is 0.00000225. The van der Waals surface area contributed by atoms with Crippen molar-refractivity contribution in [1.82, 2.24) is 9.80 Å². The summed E-state index contributed by atoms with van der Waals surface area (Å²) in [5.41, 5.74) is 0. The molecule has 1 aliphatic heterocycles. The number of nitrogens with zero attached hydrogens (tertiary/aromatic N) is 2. The number of piperazine rings is 1. The van der Waals surface area contributed by atoms with Crippen LogP contribution in [0.3, 0.4) is 0 Å². The average molecular weight is 275 g/mol. The van der Waals surface area contributed by atoms with Crippen molar-refractivity contribution in [2.45, 2.75) is 0 Å². The van der Waals surface area contributed by atoms with Gasteiger partial charge in [-0.3, -0.25) is 14.4 Å². The van der Waals surface area contributed by atoms with Crippen LogP contribution in [-0.4, -0.2) is 79.5 Å². The molecule has 1 saturated heterocycles. The van der Waals surface area contributed by atoms with Crippen molar-refractivity contribution in [2.24, 2.45) is 0 Å². The lowest BCUT2D eigenvalue weighted by Gasteiger charge is -2.33. The lowest BCUT2D eigenvalue weighted by molar-refractivity contribution is 0.116. The number of aliphatic hydroxyl groups excluding tert-OH is 1. The van der Waals surface area contributed by atoms with Crippen LogP contribution in [0.2, 0.25) is 0 Å². The number of halogens is 1. The molecule has 0 aromatic heterocycles. The molecule has 1 rings (SSSR count). The molecule has 0 bridgehead atoms. The van der Waals surface area contributed by atoms with Crippen LogP contribution in [-0.2, 0) is 10.1 Å². The number of aliphatic hydroxyl groups is 1. The van der Waals surface area contributed by atoms with Crippen LogP contribution >= 0.6 is 12.4 Å². The van der Waals surface area contributed by atoms with Gasteiger partial charge in [0.1, 0.15) is 0 Å². The molecular formula is C8H19ClN2O4S. The Hall–Kier alpha value is 0.0800. The third kappa shape index (κ3) is 6.62. The van der Waals surface area contributed by atoms with E-state index in [0.717, 1.165) is 26.2 Å². The summed E-state index contributed by atoms with van der Waals surface area (Å²) in [5, 5.41) is 8.73. The van der Waals surface area contributed by atoms with Gasteiger partial charge in [-0.05, 0) is 0 Å². The maximum Gasteiger partial charge on any atom is 0.266 e. The van der Waals surface area contributed by atoms with Crippen LogP contribution in [0.15, 0.2) is 0 Å². The second-order valence-electron chi connectivity index (χ2n) is 3.69. The lowest BCUT2D eigenvalue weighted by atomic mass is 10.3. The van der Waals surface area contributed by atoms with Gasteiger partial charge in [-0.2, -0.15) is 8.42 Å². The van der Waals surface area contributed by atoms with Crippen molar-refractivity contribution in [3.05, 3.63) is 0 Å². The number of rotatable bonds is 5.